The molecule has 0 aromatic heterocycles. The number of carbonyl (C=O) groups is 5. The summed E-state index contributed by atoms with van der Waals surface area (Å²) in [7, 11) is 0. The fourth-order valence-electron chi connectivity index (χ4n) is 3.81. The summed E-state index contributed by atoms with van der Waals surface area (Å²) < 4.78 is 0. The van der Waals surface area contributed by atoms with Crippen LogP contribution in [0.2, 0.25) is 0 Å². The van der Waals surface area contributed by atoms with E-state index in [4.69, 9.17) is 0 Å². The fourth-order valence-corrected chi connectivity index (χ4v) is 3.81. The third kappa shape index (κ3) is 3.22. The molecule has 172 valence electrons. The molecule has 0 aromatic carbocycles. The predicted octanol–water partition coefficient (Wildman–Crippen LogP) is 2.33. The Hall–Kier alpha value is -3.69. The van der Waals surface area contributed by atoms with Gasteiger partial charge in [-0.3, -0.25) is 24.0 Å². The molecule has 0 heterocycles. The second-order valence-corrected chi connectivity index (χ2v) is 8.76. The molecule has 32 heavy (non-hydrogen) atoms. The normalized spacial score (nSPS) is 21.0. The second-order valence-electron chi connectivity index (χ2n) is 8.76. The summed E-state index contributed by atoms with van der Waals surface area (Å²) in [6, 6.07) is 0. The highest BCUT2D eigenvalue weighted by Gasteiger charge is 2.52. The Labute approximate surface area is 182 Å². The molecule has 0 saturated carbocycles. The molecule has 0 aliphatic heterocycles. The van der Waals surface area contributed by atoms with Crippen molar-refractivity contribution in [1.29, 1.82) is 0 Å². The van der Waals surface area contributed by atoms with Gasteiger partial charge in [-0.15, -0.1) is 0 Å². The third-order valence-electron chi connectivity index (χ3n) is 5.80. The minimum Gasteiger partial charge on any atom is -0.511 e. The van der Waals surface area contributed by atoms with Gasteiger partial charge in [0.25, 0.3) is 0 Å². The Kier molecular flexibility index (Phi) is 5.74. The lowest BCUT2D eigenvalue weighted by Crippen LogP contribution is -2.41. The molecule has 0 unspecified atom stereocenters. The number of carboxylic acid groups (broad SMARTS) is 1. The van der Waals surface area contributed by atoms with Crippen LogP contribution in [0.15, 0.2) is 45.3 Å². The molecule has 0 spiro atoms. The SMILES string of the molecule is CC(=O)C1=C(O)C(C(C(=O)O)C2=C(O)C(C)(C)C(=O)C(C(C)=O)=C2O)=C(O)C(C)(C)C1=O. The highest BCUT2D eigenvalue weighted by Crippen LogP contribution is 2.48. The Bertz CT molecular complexity index is 1040. The molecule has 0 saturated heterocycles. The fraction of sp³-hybridized carbons (Fsp3) is 0.409. The van der Waals surface area contributed by atoms with E-state index < -0.39 is 91.2 Å². The molecule has 2 rings (SSSR count). The minimum atomic E-state index is -2.24. The first-order valence-corrected chi connectivity index (χ1v) is 9.50. The van der Waals surface area contributed by atoms with Crippen molar-refractivity contribution in [2.75, 3.05) is 0 Å². The number of Topliss-reactive ketones (excluding diaryl/α,β-unsaturated/α-hetero) is 4. The molecule has 0 atom stereocenters. The molecule has 5 N–H and O–H groups in total. The summed E-state index contributed by atoms with van der Waals surface area (Å²) in [6.07, 6.45) is 0. The van der Waals surface area contributed by atoms with E-state index in [1.807, 2.05) is 0 Å². The van der Waals surface area contributed by atoms with Gasteiger partial charge in [-0.1, -0.05) is 0 Å². The van der Waals surface area contributed by atoms with E-state index in [0.717, 1.165) is 13.8 Å². The molecular weight excluding hydrogens is 424 g/mol. The molecule has 0 bridgehead atoms. The Balaban J connectivity index is 3.06. The molecule has 2 aliphatic carbocycles. The molecule has 0 fully saturated rings. The topological polar surface area (TPSA) is 186 Å². The largest absolute Gasteiger partial charge is 0.511 e. The van der Waals surface area contributed by atoms with Crippen LogP contribution in [-0.2, 0) is 24.0 Å². The molecule has 2 aliphatic rings. The smallest absolute Gasteiger partial charge is 0.316 e. The zero-order chi connectivity index (χ0) is 25.1. The zero-order valence-corrected chi connectivity index (χ0v) is 18.4. The van der Waals surface area contributed by atoms with Crippen molar-refractivity contribution in [1.82, 2.24) is 0 Å². The van der Waals surface area contributed by atoms with E-state index in [0.29, 0.717) is 0 Å². The van der Waals surface area contributed by atoms with Crippen molar-refractivity contribution in [3.63, 3.8) is 0 Å². The van der Waals surface area contributed by atoms with Crippen LogP contribution in [0, 0.1) is 16.7 Å². The molecule has 0 radical (unpaired) electrons. The number of hydrogen-bond acceptors (Lipinski definition) is 9. The van der Waals surface area contributed by atoms with Crippen molar-refractivity contribution in [2.45, 2.75) is 41.5 Å². The number of aliphatic carboxylic acids is 1. The van der Waals surface area contributed by atoms with Crippen LogP contribution in [0.5, 0.6) is 0 Å². The standard InChI is InChI=1S/C22H24O10/c1-7(23)9-14(25)12(18(29)21(3,4)16(9)27)11(20(31)32)13-15(26)10(8(2)24)17(28)22(5,6)19(13)30/h11,25-26,29-30H,1-6H3,(H,31,32). The summed E-state index contributed by atoms with van der Waals surface area (Å²) in [4.78, 5) is 61.7. The van der Waals surface area contributed by atoms with E-state index in [-0.39, 0.29) is 0 Å². The second kappa shape index (κ2) is 7.47. The average Bonchev–Trinajstić information content (AvgIpc) is 2.64. The van der Waals surface area contributed by atoms with Crippen LogP contribution in [0.3, 0.4) is 0 Å². The number of carbonyl (C=O) groups excluding carboxylic acids is 4. The number of aliphatic hydroxyl groups is 4. The highest BCUT2D eigenvalue weighted by atomic mass is 16.4. The maximum Gasteiger partial charge on any atom is 0.316 e. The third-order valence-corrected chi connectivity index (χ3v) is 5.80. The molecule has 10 heteroatoms. The van der Waals surface area contributed by atoms with Gasteiger partial charge in [-0.05, 0) is 41.5 Å². The lowest BCUT2D eigenvalue weighted by Gasteiger charge is -2.36. The molecule has 10 nitrogen and oxygen atoms in total. The minimum absolute atomic E-state index is 0.768. The first kappa shape index (κ1) is 24.6. The van der Waals surface area contributed by atoms with Gasteiger partial charge in [0.15, 0.2) is 23.1 Å². The number of rotatable bonds is 5. The summed E-state index contributed by atoms with van der Waals surface area (Å²) in [5.74, 6) is -11.9. The van der Waals surface area contributed by atoms with Crippen molar-refractivity contribution < 1.29 is 49.5 Å². The monoisotopic (exact) mass is 448 g/mol. The van der Waals surface area contributed by atoms with Crippen LogP contribution in [0.25, 0.3) is 0 Å². The van der Waals surface area contributed by atoms with Gasteiger partial charge in [0, 0.05) is 0 Å². The van der Waals surface area contributed by atoms with Gasteiger partial charge in [0.05, 0.1) is 22.0 Å². The Morgan fingerprint density at radius 1 is 0.688 bits per heavy atom. The first-order chi connectivity index (χ1) is 14.4. The summed E-state index contributed by atoms with van der Waals surface area (Å²) in [5, 5.41) is 52.9. The van der Waals surface area contributed by atoms with Gasteiger partial charge in [0.1, 0.15) is 40.1 Å². The van der Waals surface area contributed by atoms with E-state index in [1.54, 1.807) is 0 Å². The van der Waals surface area contributed by atoms with Crippen LogP contribution < -0.4 is 0 Å². The van der Waals surface area contributed by atoms with Gasteiger partial charge >= 0.3 is 5.97 Å². The van der Waals surface area contributed by atoms with E-state index >= 15 is 0 Å². The van der Waals surface area contributed by atoms with Crippen molar-refractivity contribution >= 4 is 29.1 Å². The van der Waals surface area contributed by atoms with E-state index in [2.05, 4.69) is 0 Å². The van der Waals surface area contributed by atoms with Gasteiger partial charge in [-0.25, -0.2) is 0 Å². The molecule has 0 amide bonds. The summed E-state index contributed by atoms with van der Waals surface area (Å²) in [5.41, 5.74) is -6.86. The van der Waals surface area contributed by atoms with Crippen LogP contribution in [0.4, 0.5) is 0 Å². The quantitative estimate of drug-likeness (QED) is 0.391. The van der Waals surface area contributed by atoms with Gasteiger partial charge < -0.3 is 25.5 Å². The van der Waals surface area contributed by atoms with Gasteiger partial charge in [0.2, 0.25) is 0 Å². The lowest BCUT2D eigenvalue weighted by atomic mass is 9.67. The van der Waals surface area contributed by atoms with Crippen LogP contribution in [-0.4, -0.2) is 54.6 Å². The van der Waals surface area contributed by atoms with Crippen LogP contribution >= 0.6 is 0 Å². The van der Waals surface area contributed by atoms with Crippen molar-refractivity contribution in [2.24, 2.45) is 16.7 Å². The van der Waals surface area contributed by atoms with Crippen molar-refractivity contribution in [3.8, 4) is 0 Å². The number of carboxylic acids is 1. The Morgan fingerprint density at radius 2 is 0.969 bits per heavy atom. The first-order valence-electron chi connectivity index (χ1n) is 9.50. The highest BCUT2D eigenvalue weighted by molar-refractivity contribution is 6.24. The van der Waals surface area contributed by atoms with Crippen molar-refractivity contribution in [3.05, 3.63) is 45.3 Å². The van der Waals surface area contributed by atoms with E-state index in [9.17, 15) is 49.5 Å². The summed E-state index contributed by atoms with van der Waals surface area (Å²) in [6.45, 7) is 6.69. The number of allylic oxidation sites excluding steroid dienone is 6. The number of ketones is 4. The number of aliphatic hydroxyl groups excluding tert-OH is 4. The predicted molar refractivity (Wildman–Crippen MR) is 109 cm³/mol. The lowest BCUT2D eigenvalue weighted by molar-refractivity contribution is -0.140. The van der Waals surface area contributed by atoms with Gasteiger partial charge in [-0.2, -0.15) is 0 Å². The summed E-state index contributed by atoms with van der Waals surface area (Å²) >= 11 is 0. The molecule has 0 aromatic rings. The maximum atomic E-state index is 12.7. The average molecular weight is 448 g/mol. The number of hydrogen-bond donors (Lipinski definition) is 5. The zero-order valence-electron chi connectivity index (χ0n) is 18.4. The molecular formula is C22H24O10. The maximum absolute atomic E-state index is 12.7. The Morgan fingerprint density at radius 3 is 1.19 bits per heavy atom. The van der Waals surface area contributed by atoms with E-state index in [1.165, 1.54) is 27.7 Å². The van der Waals surface area contributed by atoms with Crippen LogP contribution in [0.1, 0.15) is 41.5 Å².